The van der Waals surface area contributed by atoms with Crippen LogP contribution in [0.5, 0.6) is 0 Å². The highest BCUT2D eigenvalue weighted by Crippen LogP contribution is 2.22. The van der Waals surface area contributed by atoms with Crippen LogP contribution in [-0.2, 0) is 0 Å². The van der Waals surface area contributed by atoms with E-state index in [0.29, 0.717) is 6.04 Å². The molecule has 2 rings (SSSR count). The second-order valence-corrected chi connectivity index (χ2v) is 5.27. The van der Waals surface area contributed by atoms with Crippen molar-refractivity contribution in [3.63, 3.8) is 0 Å². The van der Waals surface area contributed by atoms with Crippen molar-refractivity contribution in [3.8, 4) is 6.07 Å². The first-order chi connectivity index (χ1) is 8.69. The highest BCUT2D eigenvalue weighted by Gasteiger charge is 2.21. The Kier molecular flexibility index (Phi) is 4.22. The largest absolute Gasteiger partial charge is 0.382 e. The maximum atomic E-state index is 8.89. The van der Waals surface area contributed by atoms with Gasteiger partial charge in [-0.1, -0.05) is 6.07 Å². The number of nitrogens with zero attached hydrogens (tertiary/aromatic N) is 2. The summed E-state index contributed by atoms with van der Waals surface area (Å²) >= 11 is 0. The van der Waals surface area contributed by atoms with Crippen molar-refractivity contribution in [2.24, 2.45) is 5.92 Å². The summed E-state index contributed by atoms with van der Waals surface area (Å²) in [6.07, 6.45) is 2.51. The molecule has 1 heterocycles. The van der Waals surface area contributed by atoms with Gasteiger partial charge in [0.15, 0.2) is 0 Å². The maximum Gasteiger partial charge on any atom is 0.0992 e. The number of benzene rings is 1. The second kappa shape index (κ2) is 5.88. The molecule has 1 aromatic rings. The molecule has 0 amide bonds. The van der Waals surface area contributed by atoms with E-state index in [4.69, 9.17) is 5.26 Å². The van der Waals surface area contributed by atoms with Crippen LogP contribution in [0, 0.1) is 17.2 Å². The first-order valence-electron chi connectivity index (χ1n) is 6.64. The molecular weight excluding hydrogens is 222 g/mol. The molecule has 1 N–H and O–H groups in total. The predicted molar refractivity (Wildman–Crippen MR) is 74.5 cm³/mol. The summed E-state index contributed by atoms with van der Waals surface area (Å²) in [5.74, 6) is 0.729. The number of rotatable bonds is 3. The van der Waals surface area contributed by atoms with E-state index in [-0.39, 0.29) is 0 Å². The lowest BCUT2D eigenvalue weighted by Crippen LogP contribution is -2.37. The monoisotopic (exact) mass is 243 g/mol. The number of anilines is 1. The predicted octanol–water partition coefficient (Wildman–Crippen LogP) is 2.70. The van der Waals surface area contributed by atoms with Crippen molar-refractivity contribution in [2.75, 3.05) is 25.5 Å². The molecule has 0 spiro atoms. The molecule has 1 atom stereocenters. The summed E-state index contributed by atoms with van der Waals surface area (Å²) in [5, 5.41) is 12.4. The molecule has 1 fully saturated rings. The molecule has 3 heteroatoms. The van der Waals surface area contributed by atoms with Gasteiger partial charge in [-0.3, -0.25) is 0 Å². The summed E-state index contributed by atoms with van der Waals surface area (Å²) < 4.78 is 0. The normalized spacial score (nSPS) is 19.2. The van der Waals surface area contributed by atoms with Gasteiger partial charge in [0.25, 0.3) is 0 Å². The van der Waals surface area contributed by atoms with Gasteiger partial charge in [-0.2, -0.15) is 5.26 Å². The van der Waals surface area contributed by atoms with Gasteiger partial charge in [-0.05, 0) is 64.0 Å². The highest BCUT2D eigenvalue weighted by atomic mass is 15.1. The zero-order valence-electron chi connectivity index (χ0n) is 11.2. The average Bonchev–Trinajstić information content (AvgIpc) is 2.39. The number of nitriles is 1. The lowest BCUT2D eigenvalue weighted by molar-refractivity contribution is 0.208. The Morgan fingerprint density at radius 1 is 1.39 bits per heavy atom. The number of nitrogens with one attached hydrogen (secondary N) is 1. The Labute approximate surface area is 109 Å². The van der Waals surface area contributed by atoms with E-state index in [0.717, 1.165) is 17.2 Å². The molecular formula is C15H21N3. The summed E-state index contributed by atoms with van der Waals surface area (Å²) in [4.78, 5) is 2.39. The Bertz CT molecular complexity index is 428. The topological polar surface area (TPSA) is 39.1 Å². The van der Waals surface area contributed by atoms with E-state index >= 15 is 0 Å². The number of hydrogen-bond donors (Lipinski definition) is 1. The minimum absolute atomic E-state index is 0.465. The van der Waals surface area contributed by atoms with E-state index < -0.39 is 0 Å². The minimum atomic E-state index is 0.465. The van der Waals surface area contributed by atoms with E-state index in [1.165, 1.54) is 25.9 Å². The fourth-order valence-electron chi connectivity index (χ4n) is 2.59. The summed E-state index contributed by atoms with van der Waals surface area (Å²) in [6.45, 7) is 4.62. The molecule has 1 aliphatic heterocycles. The Hall–Kier alpha value is -1.53. The summed E-state index contributed by atoms with van der Waals surface area (Å²) in [7, 11) is 2.19. The van der Waals surface area contributed by atoms with E-state index in [2.05, 4.69) is 30.3 Å². The van der Waals surface area contributed by atoms with E-state index in [1.807, 2.05) is 24.3 Å². The van der Waals surface area contributed by atoms with Crippen LogP contribution >= 0.6 is 0 Å². The summed E-state index contributed by atoms with van der Waals surface area (Å²) in [6, 6.07) is 10.4. The van der Waals surface area contributed by atoms with E-state index in [9.17, 15) is 0 Å². The van der Waals surface area contributed by atoms with Crippen molar-refractivity contribution < 1.29 is 0 Å². The van der Waals surface area contributed by atoms with Crippen LogP contribution < -0.4 is 5.32 Å². The first kappa shape index (κ1) is 12.9. The summed E-state index contributed by atoms with van der Waals surface area (Å²) in [5.41, 5.74) is 1.77. The van der Waals surface area contributed by atoms with Gasteiger partial charge >= 0.3 is 0 Å². The SMILES string of the molecule is CC(Nc1cccc(C#N)c1)C1CCN(C)CC1. The molecule has 0 saturated carbocycles. The standard InChI is InChI=1S/C15H21N3/c1-12(14-6-8-18(2)9-7-14)17-15-5-3-4-13(10-15)11-16/h3-5,10,12,14,17H,6-9H2,1-2H3. The third-order valence-corrected chi connectivity index (χ3v) is 3.86. The van der Waals surface area contributed by atoms with Crippen molar-refractivity contribution in [2.45, 2.75) is 25.8 Å². The molecule has 0 aromatic heterocycles. The van der Waals surface area contributed by atoms with Gasteiger partial charge in [0, 0.05) is 11.7 Å². The quantitative estimate of drug-likeness (QED) is 0.887. The molecule has 96 valence electrons. The Balaban J connectivity index is 1.94. The van der Waals surface area contributed by atoms with Crippen LogP contribution in [0.15, 0.2) is 24.3 Å². The fourth-order valence-corrected chi connectivity index (χ4v) is 2.59. The average molecular weight is 243 g/mol. The third-order valence-electron chi connectivity index (χ3n) is 3.86. The van der Waals surface area contributed by atoms with Crippen LogP contribution in [0.3, 0.4) is 0 Å². The van der Waals surface area contributed by atoms with Crippen LogP contribution in [0.4, 0.5) is 5.69 Å². The molecule has 1 aliphatic rings. The lowest BCUT2D eigenvalue weighted by Gasteiger charge is -2.33. The van der Waals surface area contributed by atoms with Crippen LogP contribution in [0.1, 0.15) is 25.3 Å². The second-order valence-electron chi connectivity index (χ2n) is 5.27. The van der Waals surface area contributed by atoms with Crippen molar-refractivity contribution in [1.82, 2.24) is 4.90 Å². The lowest BCUT2D eigenvalue weighted by atomic mass is 9.90. The molecule has 0 aliphatic carbocycles. The number of piperidine rings is 1. The van der Waals surface area contributed by atoms with Gasteiger partial charge in [0.2, 0.25) is 0 Å². The van der Waals surface area contributed by atoms with E-state index in [1.54, 1.807) is 0 Å². The molecule has 0 bridgehead atoms. The van der Waals surface area contributed by atoms with Gasteiger partial charge in [0.05, 0.1) is 11.6 Å². The van der Waals surface area contributed by atoms with Gasteiger partial charge in [0.1, 0.15) is 0 Å². The van der Waals surface area contributed by atoms with Crippen molar-refractivity contribution in [1.29, 1.82) is 5.26 Å². The van der Waals surface area contributed by atoms with Crippen molar-refractivity contribution >= 4 is 5.69 Å². The van der Waals surface area contributed by atoms with Crippen LogP contribution in [0.2, 0.25) is 0 Å². The minimum Gasteiger partial charge on any atom is -0.382 e. The number of likely N-dealkylation sites (tertiary alicyclic amines) is 1. The van der Waals surface area contributed by atoms with Gasteiger partial charge in [-0.15, -0.1) is 0 Å². The Morgan fingerprint density at radius 2 is 2.11 bits per heavy atom. The van der Waals surface area contributed by atoms with Gasteiger partial charge < -0.3 is 10.2 Å². The molecule has 3 nitrogen and oxygen atoms in total. The maximum absolute atomic E-state index is 8.89. The highest BCUT2D eigenvalue weighted by molar-refractivity contribution is 5.49. The zero-order valence-corrected chi connectivity index (χ0v) is 11.2. The molecule has 1 aromatic carbocycles. The zero-order chi connectivity index (χ0) is 13.0. The van der Waals surface area contributed by atoms with Crippen LogP contribution in [-0.4, -0.2) is 31.1 Å². The fraction of sp³-hybridized carbons (Fsp3) is 0.533. The molecule has 1 unspecified atom stereocenters. The Morgan fingerprint density at radius 3 is 2.78 bits per heavy atom. The molecule has 1 saturated heterocycles. The smallest absolute Gasteiger partial charge is 0.0992 e. The third kappa shape index (κ3) is 3.24. The molecule has 18 heavy (non-hydrogen) atoms. The van der Waals surface area contributed by atoms with Gasteiger partial charge in [-0.25, -0.2) is 0 Å². The van der Waals surface area contributed by atoms with Crippen molar-refractivity contribution in [3.05, 3.63) is 29.8 Å². The first-order valence-corrected chi connectivity index (χ1v) is 6.64. The number of hydrogen-bond acceptors (Lipinski definition) is 3. The molecule has 0 radical (unpaired) electrons. The van der Waals surface area contributed by atoms with Crippen LogP contribution in [0.25, 0.3) is 0 Å².